The highest BCUT2D eigenvalue weighted by atomic mass is 16.7. The Morgan fingerprint density at radius 1 is 0.946 bits per heavy atom. The zero-order valence-electron chi connectivity index (χ0n) is 20.4. The zero-order chi connectivity index (χ0) is 25.1. The molecule has 37 heavy (non-hydrogen) atoms. The maximum Gasteiger partial charge on any atom is 0.272 e. The molecule has 0 unspecified atom stereocenters. The van der Waals surface area contributed by atoms with Crippen LogP contribution in [0.15, 0.2) is 67.0 Å². The quantitative estimate of drug-likeness (QED) is 0.397. The molecule has 0 saturated carbocycles. The monoisotopic (exact) mass is 492 g/mol. The van der Waals surface area contributed by atoms with Gasteiger partial charge in [-0.1, -0.05) is 6.07 Å². The fourth-order valence-electron chi connectivity index (χ4n) is 4.93. The number of H-pyrrole nitrogens is 1. The van der Waals surface area contributed by atoms with Gasteiger partial charge >= 0.3 is 0 Å². The van der Waals surface area contributed by atoms with Crippen LogP contribution in [0, 0.1) is 13.8 Å². The van der Waals surface area contributed by atoms with Crippen LogP contribution in [0.4, 0.5) is 0 Å². The summed E-state index contributed by atoms with van der Waals surface area (Å²) in [5.74, 6) is 2.22. The summed E-state index contributed by atoms with van der Waals surface area (Å²) < 4.78 is 14.9. The van der Waals surface area contributed by atoms with Gasteiger partial charge in [0.25, 0.3) is 5.91 Å². The van der Waals surface area contributed by atoms with Crippen LogP contribution >= 0.6 is 0 Å². The lowest BCUT2D eigenvalue weighted by Crippen LogP contribution is -2.26. The van der Waals surface area contributed by atoms with Crippen molar-refractivity contribution in [3.8, 4) is 34.3 Å². The van der Waals surface area contributed by atoms with Crippen LogP contribution in [0.1, 0.15) is 32.9 Å². The van der Waals surface area contributed by atoms with E-state index in [1.807, 2.05) is 47.4 Å². The highest BCUT2D eigenvalue weighted by Gasteiger charge is 2.32. The number of nitrogens with zero attached hydrogens (tertiary/aromatic N) is 5. The highest BCUT2D eigenvalue weighted by Crippen LogP contribution is 2.36. The Bertz CT molecular complexity index is 1660. The molecule has 1 N–H and O–H groups in total. The number of aromatic nitrogens is 5. The zero-order valence-corrected chi connectivity index (χ0v) is 20.4. The molecule has 0 fully saturated rings. The van der Waals surface area contributed by atoms with Crippen molar-refractivity contribution in [2.24, 2.45) is 0 Å². The van der Waals surface area contributed by atoms with E-state index in [4.69, 9.17) is 14.6 Å². The molecular weight excluding hydrogens is 468 g/mol. The smallest absolute Gasteiger partial charge is 0.272 e. The maximum atomic E-state index is 13.4. The lowest BCUT2D eigenvalue weighted by molar-refractivity contribution is 0.0743. The summed E-state index contributed by atoms with van der Waals surface area (Å²) in [7, 11) is 0. The van der Waals surface area contributed by atoms with Gasteiger partial charge in [0.1, 0.15) is 11.5 Å². The molecule has 3 aromatic heterocycles. The molecule has 9 heteroatoms. The Morgan fingerprint density at radius 2 is 1.78 bits per heavy atom. The van der Waals surface area contributed by atoms with E-state index in [9.17, 15) is 4.79 Å². The van der Waals surface area contributed by atoms with Gasteiger partial charge in [-0.25, -0.2) is 4.68 Å². The average Bonchev–Trinajstić information content (AvgIpc) is 3.72. The summed E-state index contributed by atoms with van der Waals surface area (Å²) in [6.07, 6.45) is 4.01. The standard InChI is InChI=1S/C28H24N6O3/c1-17-5-7-20(11-18(17)2)34-27(32-9-3-4-10-32)21-14-33(15-24(21)31-34)28(35)23-13-22(29-30-23)19-6-8-25-26(12-19)37-16-36-25/h3-13H,14-16H2,1-2H3,(H,29,30). The number of nitrogens with one attached hydrogen (secondary N) is 1. The number of aryl methyl sites for hydroxylation is 2. The molecule has 0 atom stereocenters. The first-order valence-electron chi connectivity index (χ1n) is 12.1. The summed E-state index contributed by atoms with van der Waals surface area (Å²) in [5.41, 5.74) is 7.34. The summed E-state index contributed by atoms with van der Waals surface area (Å²) in [5, 5.41) is 12.2. The van der Waals surface area contributed by atoms with Crippen LogP contribution in [-0.4, -0.2) is 42.1 Å². The molecule has 2 aromatic carbocycles. The molecule has 0 radical (unpaired) electrons. The van der Waals surface area contributed by atoms with Gasteiger partial charge in [-0.05, 0) is 73.5 Å². The summed E-state index contributed by atoms with van der Waals surface area (Å²) in [6, 6.07) is 17.7. The minimum Gasteiger partial charge on any atom is -0.454 e. The third-order valence-corrected chi connectivity index (χ3v) is 7.08. The Labute approximate surface area is 212 Å². The molecule has 2 aliphatic heterocycles. The van der Waals surface area contributed by atoms with Crippen LogP contribution in [-0.2, 0) is 13.1 Å². The minimum atomic E-state index is -0.117. The first kappa shape index (κ1) is 21.5. The summed E-state index contributed by atoms with van der Waals surface area (Å²) in [6.45, 7) is 5.31. The van der Waals surface area contributed by atoms with Crippen molar-refractivity contribution in [2.45, 2.75) is 26.9 Å². The second kappa shape index (κ2) is 8.12. The van der Waals surface area contributed by atoms with Gasteiger partial charge in [0, 0.05) is 23.5 Å². The fraction of sp³-hybridized carbons (Fsp3) is 0.179. The Kier molecular flexibility index (Phi) is 4.72. The number of ether oxygens (including phenoxy) is 2. The number of benzene rings is 2. The van der Waals surface area contributed by atoms with E-state index >= 15 is 0 Å². The van der Waals surface area contributed by atoms with Gasteiger partial charge in [-0.2, -0.15) is 10.2 Å². The molecule has 5 aromatic rings. The molecular formula is C28H24N6O3. The minimum absolute atomic E-state index is 0.117. The van der Waals surface area contributed by atoms with Crippen LogP contribution < -0.4 is 9.47 Å². The molecule has 9 nitrogen and oxygen atoms in total. The van der Waals surface area contributed by atoms with Crippen LogP contribution in [0.2, 0.25) is 0 Å². The SMILES string of the molecule is Cc1ccc(-n2nc3c(c2-n2cccc2)CN(C(=O)c2cc(-c4ccc5c(c4)OCO5)n[nH]2)C3)cc1C. The third kappa shape index (κ3) is 3.50. The van der Waals surface area contributed by atoms with E-state index in [1.54, 1.807) is 11.0 Å². The van der Waals surface area contributed by atoms with Crippen molar-refractivity contribution >= 4 is 5.91 Å². The predicted octanol–water partition coefficient (Wildman–Crippen LogP) is 4.55. The number of fused-ring (bicyclic) bond motifs is 2. The number of aromatic amines is 1. The fourth-order valence-corrected chi connectivity index (χ4v) is 4.93. The van der Waals surface area contributed by atoms with Crippen LogP contribution in [0.5, 0.6) is 11.5 Å². The number of hydrogen-bond donors (Lipinski definition) is 1. The maximum absolute atomic E-state index is 13.4. The topological polar surface area (TPSA) is 90.2 Å². The predicted molar refractivity (Wildman–Crippen MR) is 136 cm³/mol. The van der Waals surface area contributed by atoms with Gasteiger partial charge in [0.15, 0.2) is 11.5 Å². The lowest BCUT2D eigenvalue weighted by atomic mass is 10.1. The van der Waals surface area contributed by atoms with Crippen molar-refractivity contribution in [2.75, 3.05) is 6.79 Å². The van der Waals surface area contributed by atoms with E-state index < -0.39 is 0 Å². The number of amides is 1. The molecule has 0 spiro atoms. The molecule has 0 bridgehead atoms. The lowest BCUT2D eigenvalue weighted by Gasteiger charge is -2.17. The molecule has 0 aliphatic carbocycles. The Hall–Kier alpha value is -4.79. The molecule has 7 rings (SSSR count). The van der Waals surface area contributed by atoms with E-state index in [2.05, 4.69) is 46.8 Å². The van der Waals surface area contributed by atoms with Gasteiger partial charge in [0.2, 0.25) is 6.79 Å². The van der Waals surface area contributed by atoms with E-state index in [1.165, 1.54) is 11.1 Å². The van der Waals surface area contributed by atoms with E-state index in [0.717, 1.165) is 28.3 Å². The first-order chi connectivity index (χ1) is 18.0. The van der Waals surface area contributed by atoms with Crippen LogP contribution in [0.25, 0.3) is 22.8 Å². The van der Waals surface area contributed by atoms with Gasteiger partial charge in [-0.3, -0.25) is 9.89 Å². The Balaban J connectivity index is 1.19. The largest absolute Gasteiger partial charge is 0.454 e. The highest BCUT2D eigenvalue weighted by molar-refractivity contribution is 5.93. The van der Waals surface area contributed by atoms with E-state index in [0.29, 0.717) is 36.0 Å². The van der Waals surface area contributed by atoms with Crippen LogP contribution in [0.3, 0.4) is 0 Å². The molecule has 0 saturated heterocycles. The summed E-state index contributed by atoms with van der Waals surface area (Å²) >= 11 is 0. The number of hydrogen-bond acceptors (Lipinski definition) is 5. The molecule has 184 valence electrons. The third-order valence-electron chi connectivity index (χ3n) is 7.08. The van der Waals surface area contributed by atoms with Crippen molar-refractivity contribution in [1.29, 1.82) is 0 Å². The number of carbonyl (C=O) groups excluding carboxylic acids is 1. The summed E-state index contributed by atoms with van der Waals surface area (Å²) in [4.78, 5) is 15.2. The van der Waals surface area contributed by atoms with Gasteiger partial charge in [-0.15, -0.1) is 0 Å². The number of rotatable bonds is 4. The second-order valence-electron chi connectivity index (χ2n) is 9.42. The van der Waals surface area contributed by atoms with Crippen molar-refractivity contribution in [3.63, 3.8) is 0 Å². The van der Waals surface area contributed by atoms with Gasteiger partial charge < -0.3 is 18.9 Å². The average molecular weight is 493 g/mol. The molecule has 2 aliphatic rings. The van der Waals surface area contributed by atoms with E-state index in [-0.39, 0.29) is 12.7 Å². The van der Waals surface area contributed by atoms with Crippen molar-refractivity contribution in [1.82, 2.24) is 29.4 Å². The number of carbonyl (C=O) groups is 1. The molecule has 1 amide bonds. The van der Waals surface area contributed by atoms with Gasteiger partial charge in [0.05, 0.1) is 30.2 Å². The van der Waals surface area contributed by atoms with Crippen molar-refractivity contribution < 1.29 is 14.3 Å². The normalized spacial score (nSPS) is 13.8. The first-order valence-corrected chi connectivity index (χ1v) is 12.1. The molecule has 5 heterocycles. The van der Waals surface area contributed by atoms with Crippen molar-refractivity contribution in [3.05, 3.63) is 95.1 Å². The second-order valence-corrected chi connectivity index (χ2v) is 9.42. The Morgan fingerprint density at radius 3 is 2.62 bits per heavy atom.